The maximum Gasteiger partial charge on any atom is 0.246 e. The number of benzene rings is 7. The maximum atomic E-state index is 15.2. The molecule has 0 aromatic heterocycles. The Morgan fingerprint density at radius 1 is 0.427 bits per heavy atom. The third-order valence-electron chi connectivity index (χ3n) is 19.7. The summed E-state index contributed by atoms with van der Waals surface area (Å²) in [4.78, 5) is 120. The van der Waals surface area contributed by atoms with E-state index >= 15 is 9.59 Å². The van der Waals surface area contributed by atoms with Gasteiger partial charge in [-0.3, -0.25) is 38.4 Å². The van der Waals surface area contributed by atoms with Gasteiger partial charge in [0.25, 0.3) is 0 Å². The Morgan fingerprint density at radius 2 is 0.760 bits per heavy atom. The fourth-order valence-corrected chi connectivity index (χ4v) is 16.5. The summed E-state index contributed by atoms with van der Waals surface area (Å²) in [5, 5.41) is 18.3. The molecule has 2 aliphatic heterocycles. The number of rotatable bonds is 28. The molecule has 2 saturated heterocycles. The van der Waals surface area contributed by atoms with Crippen LogP contribution in [0.4, 0.5) is 0 Å². The molecular weight excluding hydrogens is 1240 g/mol. The number of likely N-dealkylation sites (N-methyl/N-ethyl adjacent to an activating group) is 2. The van der Waals surface area contributed by atoms with E-state index in [0.717, 1.165) is 11.1 Å². The van der Waals surface area contributed by atoms with Gasteiger partial charge < -0.3 is 41.7 Å². The number of likely N-dealkylation sites (tertiary alicyclic amines) is 2. The molecule has 6 N–H and O–H groups in total. The van der Waals surface area contributed by atoms with Crippen LogP contribution in [-0.2, 0) is 28.8 Å². The molecule has 10 atom stereocenters. The minimum Gasteiger partial charge on any atom is -0.348 e. The lowest BCUT2D eigenvalue weighted by molar-refractivity contribution is -0.141. The molecule has 0 unspecified atom stereocenters. The number of Topliss-reactive ketones (excluding diaryl/α,β-unsaturated/α-hetero) is 2. The van der Waals surface area contributed by atoms with E-state index in [-0.39, 0.29) is 108 Å². The third kappa shape index (κ3) is 15.6. The lowest BCUT2D eigenvalue weighted by Gasteiger charge is -2.30. The van der Waals surface area contributed by atoms with E-state index in [1.165, 1.54) is 44.5 Å². The number of ketones is 2. The predicted octanol–water partition coefficient (Wildman–Crippen LogP) is 10.3. The third-order valence-corrected chi connectivity index (χ3v) is 21.9. The standard InChI is InChI=1S/C78H86N8O8S2/c1-47(53-22-9-7-10-23-53)81-75(91)69-36-51(41-85(69)77(93)67(83-73(89)49(3)79-5)45-95-43-65-61-32-17-13-28-57(61)58-29-14-18-33-62(58)65)38-71(87)55-26-21-27-56(40-55)72(88)39-52-37-70(76(92)82-48(2)54-24-11-8-12-25-54)86(42-52)78(94)68(84-74(90)50(4)80-6)46-96-44-66-63-34-19-15-30-59(63)60-31-16-20-35-64(60)66/h7-35,40,47-52,65-70,79-80H,36-39,41-46H2,1-6H3,(H,81,91)(H,82,92)(H,83,89)(H,84,90)/t47-,48-,49+,50+,51-,52-,67+,68+,69+,70+/m1/s1. The number of nitrogens with zero attached hydrogens (tertiary/aromatic N) is 2. The van der Waals surface area contributed by atoms with E-state index in [0.29, 0.717) is 11.5 Å². The highest BCUT2D eigenvalue weighted by Gasteiger charge is 2.46. The zero-order chi connectivity index (χ0) is 67.6. The average Bonchev–Trinajstić information content (AvgIpc) is 1.63. The first-order valence-electron chi connectivity index (χ1n) is 33.4. The van der Waals surface area contributed by atoms with Crippen LogP contribution in [0.15, 0.2) is 182 Å². The molecule has 0 saturated carbocycles. The van der Waals surface area contributed by atoms with Crippen LogP contribution in [-0.4, -0.2) is 143 Å². The van der Waals surface area contributed by atoms with Crippen LogP contribution in [0.1, 0.15) is 131 Å². The van der Waals surface area contributed by atoms with Crippen molar-refractivity contribution in [2.75, 3.05) is 50.2 Å². The maximum absolute atomic E-state index is 15.2. The Bertz CT molecular complexity index is 3640. The Hall–Kier alpha value is -8.68. The van der Waals surface area contributed by atoms with Crippen molar-refractivity contribution < 1.29 is 38.4 Å². The quantitative estimate of drug-likeness (QED) is 0.0253. The van der Waals surface area contributed by atoms with E-state index in [4.69, 9.17) is 0 Å². The highest BCUT2D eigenvalue weighted by atomic mass is 32.2. The van der Waals surface area contributed by atoms with Crippen LogP contribution in [0.2, 0.25) is 0 Å². The number of hydrogen-bond donors (Lipinski definition) is 6. The van der Waals surface area contributed by atoms with Crippen LogP contribution in [0.3, 0.4) is 0 Å². The molecule has 2 heterocycles. The van der Waals surface area contributed by atoms with Crippen LogP contribution < -0.4 is 31.9 Å². The molecule has 2 fully saturated rings. The van der Waals surface area contributed by atoms with Gasteiger partial charge in [0.2, 0.25) is 35.4 Å². The summed E-state index contributed by atoms with van der Waals surface area (Å²) in [5.74, 6) is -1.91. The van der Waals surface area contributed by atoms with Crippen molar-refractivity contribution in [1.82, 2.24) is 41.7 Å². The molecule has 7 aromatic carbocycles. The first-order chi connectivity index (χ1) is 46.5. The van der Waals surface area contributed by atoms with Crippen molar-refractivity contribution >= 4 is 70.5 Å². The number of carbonyl (C=O) groups excluding carboxylic acids is 8. The van der Waals surface area contributed by atoms with Gasteiger partial charge in [-0.2, -0.15) is 23.5 Å². The molecule has 0 spiro atoms. The second-order valence-corrected chi connectivity index (χ2v) is 28.2. The number of carbonyl (C=O) groups is 8. The largest absolute Gasteiger partial charge is 0.348 e. The first-order valence-corrected chi connectivity index (χ1v) is 35.8. The van der Waals surface area contributed by atoms with Crippen LogP contribution in [0.5, 0.6) is 0 Å². The SMILES string of the molecule is CN[C@@H](C)C(=O)N[C@@H](CSCC1c2ccccc2-c2ccccc21)C(=O)N1C[C@@H](CC(=O)c2cccc(C(=O)C[C@H]3C[C@@H](C(=O)N[C@H](C)c4ccccc4)N(C(=O)[C@H](CSCC4c5ccccc5-c5ccccc54)NC(=O)[C@H](C)NC)C3)c2)C[C@H]1C(=O)N[C@H](C)c1ccccc1. The Balaban J connectivity index is 0.797. The number of amides is 6. The van der Waals surface area contributed by atoms with Crippen molar-refractivity contribution in [3.63, 3.8) is 0 Å². The molecule has 7 aromatic rings. The van der Waals surface area contributed by atoms with Crippen molar-refractivity contribution in [2.45, 2.75) is 114 Å². The average molecular weight is 1330 g/mol. The van der Waals surface area contributed by atoms with Crippen molar-refractivity contribution in [3.8, 4) is 22.3 Å². The molecule has 4 aliphatic rings. The molecule has 498 valence electrons. The zero-order valence-electron chi connectivity index (χ0n) is 55.3. The van der Waals surface area contributed by atoms with Gasteiger partial charge in [0.15, 0.2) is 11.6 Å². The number of fused-ring (bicyclic) bond motifs is 6. The van der Waals surface area contributed by atoms with E-state index in [1.807, 2.05) is 123 Å². The molecule has 18 heteroatoms. The second kappa shape index (κ2) is 31.5. The van der Waals surface area contributed by atoms with Crippen LogP contribution in [0, 0.1) is 11.8 Å². The Labute approximate surface area is 571 Å². The fourth-order valence-electron chi connectivity index (χ4n) is 14.1. The molecule has 2 aliphatic carbocycles. The topological polar surface area (TPSA) is 215 Å². The summed E-state index contributed by atoms with van der Waals surface area (Å²) < 4.78 is 0. The summed E-state index contributed by atoms with van der Waals surface area (Å²) in [6.07, 6.45) is 0.281. The van der Waals surface area contributed by atoms with Gasteiger partial charge in [-0.1, -0.05) is 176 Å². The van der Waals surface area contributed by atoms with E-state index in [1.54, 1.807) is 85.5 Å². The van der Waals surface area contributed by atoms with Gasteiger partial charge in [0, 0.05) is 71.9 Å². The first kappa shape index (κ1) is 68.7. The number of nitrogens with one attached hydrogen (secondary N) is 6. The highest BCUT2D eigenvalue weighted by Crippen LogP contribution is 2.47. The molecule has 0 bridgehead atoms. The van der Waals surface area contributed by atoms with Gasteiger partial charge in [-0.05, 0) is 128 Å². The molecule has 96 heavy (non-hydrogen) atoms. The van der Waals surface area contributed by atoms with Crippen molar-refractivity contribution in [3.05, 3.63) is 226 Å². The number of hydrogen-bond acceptors (Lipinski definition) is 12. The minimum atomic E-state index is -1.00. The highest BCUT2D eigenvalue weighted by molar-refractivity contribution is 7.99. The molecule has 0 radical (unpaired) electrons. The van der Waals surface area contributed by atoms with Gasteiger partial charge in [0.1, 0.15) is 24.2 Å². The molecular formula is C78H86N8O8S2. The lowest BCUT2D eigenvalue weighted by atomic mass is 9.92. The van der Waals surface area contributed by atoms with Gasteiger partial charge in [-0.25, -0.2) is 0 Å². The smallest absolute Gasteiger partial charge is 0.246 e. The summed E-state index contributed by atoms with van der Waals surface area (Å²) >= 11 is 3.14. The normalized spacial score (nSPS) is 18.9. The lowest BCUT2D eigenvalue weighted by Crippen LogP contribution is -2.56. The van der Waals surface area contributed by atoms with Crippen molar-refractivity contribution in [1.29, 1.82) is 0 Å². The summed E-state index contributed by atoms with van der Waals surface area (Å²) in [5.41, 5.74) is 11.9. The van der Waals surface area contributed by atoms with E-state index in [2.05, 4.69) is 80.4 Å². The van der Waals surface area contributed by atoms with E-state index < -0.39 is 72.0 Å². The predicted molar refractivity (Wildman–Crippen MR) is 381 cm³/mol. The second-order valence-electron chi connectivity index (χ2n) is 26.0. The summed E-state index contributed by atoms with van der Waals surface area (Å²) in [7, 11) is 3.35. The summed E-state index contributed by atoms with van der Waals surface area (Å²) in [6, 6.07) is 53.1. The fraction of sp³-hybridized carbons (Fsp3) is 0.359. The van der Waals surface area contributed by atoms with Gasteiger partial charge in [-0.15, -0.1) is 0 Å². The molecule has 6 amide bonds. The monoisotopic (exact) mass is 1330 g/mol. The van der Waals surface area contributed by atoms with E-state index in [9.17, 15) is 28.8 Å². The molecule has 16 nitrogen and oxygen atoms in total. The van der Waals surface area contributed by atoms with Crippen LogP contribution >= 0.6 is 23.5 Å². The van der Waals surface area contributed by atoms with Gasteiger partial charge >= 0.3 is 0 Å². The summed E-state index contributed by atoms with van der Waals surface area (Å²) in [6.45, 7) is 7.34. The Kier molecular flexibility index (Phi) is 22.5. The zero-order valence-corrected chi connectivity index (χ0v) is 56.9. The Morgan fingerprint density at radius 3 is 1.10 bits per heavy atom. The molecule has 11 rings (SSSR count). The van der Waals surface area contributed by atoms with Gasteiger partial charge in [0.05, 0.1) is 24.2 Å². The van der Waals surface area contributed by atoms with Crippen LogP contribution in [0.25, 0.3) is 22.3 Å². The number of thioether (sulfide) groups is 2. The van der Waals surface area contributed by atoms with Crippen molar-refractivity contribution in [2.24, 2.45) is 11.8 Å². The minimum absolute atomic E-state index is 0.0370.